The van der Waals surface area contributed by atoms with Gasteiger partial charge in [0.25, 0.3) is 5.91 Å². The van der Waals surface area contributed by atoms with E-state index in [1.54, 1.807) is 28.4 Å². The summed E-state index contributed by atoms with van der Waals surface area (Å²) in [7, 11) is 0. The number of carbonyl (C=O) groups excluding carboxylic acids is 1. The second-order valence-corrected chi connectivity index (χ2v) is 8.07. The smallest absolute Gasteiger partial charge is 0.260 e. The van der Waals surface area contributed by atoms with Crippen LogP contribution in [0.1, 0.15) is 52.8 Å². The first-order valence-corrected chi connectivity index (χ1v) is 10.2. The predicted octanol–water partition coefficient (Wildman–Crippen LogP) is 4.19. The molecular weight excluding hydrogens is 358 g/mol. The first-order valence-electron chi connectivity index (χ1n) is 9.41. The Morgan fingerprint density at radius 3 is 3.07 bits per heavy atom. The summed E-state index contributed by atoms with van der Waals surface area (Å²) in [6, 6.07) is 5.61. The molecule has 1 amide bonds. The zero-order valence-electron chi connectivity index (χ0n) is 15.6. The number of fused-ring (bicyclic) bond motifs is 1. The van der Waals surface area contributed by atoms with Gasteiger partial charge in [0, 0.05) is 11.1 Å². The molecule has 0 bridgehead atoms. The number of pyridine rings is 1. The maximum atomic E-state index is 12.7. The van der Waals surface area contributed by atoms with Crippen LogP contribution < -0.4 is 5.32 Å². The zero-order chi connectivity index (χ0) is 18.8. The monoisotopic (exact) mass is 381 g/mol. The van der Waals surface area contributed by atoms with Crippen LogP contribution in [0, 0.1) is 12.8 Å². The van der Waals surface area contributed by atoms with Crippen molar-refractivity contribution in [1.82, 2.24) is 19.7 Å². The standard InChI is InChI=1S/C20H23N5OS/c1-3-6-14-8-9-16-17(11-14)27-20(23-16)24-19(26)15-12-22-25(13(15)2)18-7-4-5-10-21-18/h4-5,7,10,12,14H,3,6,8-9,11H2,1-2H3,(H,23,24,26). The summed E-state index contributed by atoms with van der Waals surface area (Å²) in [5.74, 6) is 1.27. The van der Waals surface area contributed by atoms with E-state index in [0.29, 0.717) is 16.5 Å². The van der Waals surface area contributed by atoms with E-state index in [1.807, 2.05) is 25.1 Å². The molecule has 0 spiro atoms. The fourth-order valence-electron chi connectivity index (χ4n) is 3.66. The number of thiazole rings is 1. The van der Waals surface area contributed by atoms with Crippen LogP contribution in [-0.4, -0.2) is 25.7 Å². The van der Waals surface area contributed by atoms with Gasteiger partial charge in [-0.25, -0.2) is 14.6 Å². The highest BCUT2D eigenvalue weighted by atomic mass is 32.1. The molecule has 4 rings (SSSR count). The van der Waals surface area contributed by atoms with Gasteiger partial charge in [0.05, 0.1) is 23.1 Å². The molecule has 6 nitrogen and oxygen atoms in total. The Morgan fingerprint density at radius 1 is 1.41 bits per heavy atom. The molecule has 0 aromatic carbocycles. The Hall–Kier alpha value is -2.54. The Kier molecular flexibility index (Phi) is 5.03. The van der Waals surface area contributed by atoms with Crippen LogP contribution in [0.15, 0.2) is 30.6 Å². The highest BCUT2D eigenvalue weighted by Gasteiger charge is 2.23. The normalized spacial score (nSPS) is 16.1. The van der Waals surface area contributed by atoms with Crippen molar-refractivity contribution in [2.75, 3.05) is 5.32 Å². The number of amides is 1. The molecule has 1 unspecified atom stereocenters. The number of aromatic nitrogens is 4. The van der Waals surface area contributed by atoms with Gasteiger partial charge in [0.15, 0.2) is 10.9 Å². The highest BCUT2D eigenvalue weighted by Crippen LogP contribution is 2.34. The molecule has 1 atom stereocenters. The Morgan fingerprint density at radius 2 is 2.30 bits per heavy atom. The lowest BCUT2D eigenvalue weighted by molar-refractivity contribution is 0.102. The molecule has 3 aromatic heterocycles. The third kappa shape index (κ3) is 3.64. The van der Waals surface area contributed by atoms with Crippen LogP contribution in [-0.2, 0) is 12.8 Å². The van der Waals surface area contributed by atoms with Crippen molar-refractivity contribution in [3.63, 3.8) is 0 Å². The molecule has 0 aliphatic heterocycles. The fourth-order valence-corrected chi connectivity index (χ4v) is 4.78. The van der Waals surface area contributed by atoms with Gasteiger partial charge in [-0.15, -0.1) is 11.3 Å². The van der Waals surface area contributed by atoms with Crippen LogP contribution in [0.4, 0.5) is 5.13 Å². The maximum absolute atomic E-state index is 12.7. The zero-order valence-corrected chi connectivity index (χ0v) is 16.4. The number of nitrogens with zero attached hydrogens (tertiary/aromatic N) is 4. The number of hydrogen-bond acceptors (Lipinski definition) is 5. The number of carbonyl (C=O) groups is 1. The molecule has 1 aliphatic rings. The van der Waals surface area contributed by atoms with Gasteiger partial charge in [-0.2, -0.15) is 5.10 Å². The number of anilines is 1. The first-order chi connectivity index (χ1) is 13.2. The van der Waals surface area contributed by atoms with Crippen LogP contribution in [0.3, 0.4) is 0 Å². The van der Waals surface area contributed by atoms with Crippen molar-refractivity contribution < 1.29 is 4.79 Å². The quantitative estimate of drug-likeness (QED) is 0.719. The molecule has 1 aliphatic carbocycles. The molecule has 0 saturated heterocycles. The van der Waals surface area contributed by atoms with Gasteiger partial charge in [-0.3, -0.25) is 10.1 Å². The second-order valence-electron chi connectivity index (χ2n) is 6.98. The van der Waals surface area contributed by atoms with E-state index in [0.717, 1.165) is 30.1 Å². The number of rotatable bonds is 5. The molecule has 1 N–H and O–H groups in total. The topological polar surface area (TPSA) is 72.7 Å². The van der Waals surface area contributed by atoms with Gasteiger partial charge in [-0.05, 0) is 44.2 Å². The largest absolute Gasteiger partial charge is 0.298 e. The molecule has 3 aromatic rings. The Bertz CT molecular complexity index is 947. The minimum Gasteiger partial charge on any atom is -0.298 e. The van der Waals surface area contributed by atoms with Crippen LogP contribution in [0.25, 0.3) is 5.82 Å². The van der Waals surface area contributed by atoms with Crippen molar-refractivity contribution in [3.8, 4) is 5.82 Å². The van der Waals surface area contributed by atoms with Gasteiger partial charge in [-0.1, -0.05) is 25.8 Å². The van der Waals surface area contributed by atoms with Gasteiger partial charge in [0.1, 0.15) is 0 Å². The van der Waals surface area contributed by atoms with Crippen LogP contribution in [0.2, 0.25) is 0 Å². The van der Waals surface area contributed by atoms with Crippen molar-refractivity contribution in [2.45, 2.75) is 46.0 Å². The molecule has 0 saturated carbocycles. The predicted molar refractivity (Wildman–Crippen MR) is 107 cm³/mol. The fraction of sp³-hybridized carbons (Fsp3) is 0.400. The molecule has 0 radical (unpaired) electrons. The lowest BCUT2D eigenvalue weighted by Gasteiger charge is -2.19. The van der Waals surface area contributed by atoms with E-state index >= 15 is 0 Å². The molecule has 27 heavy (non-hydrogen) atoms. The first kappa shape index (κ1) is 17.9. The van der Waals surface area contributed by atoms with Crippen molar-refractivity contribution in [1.29, 1.82) is 0 Å². The van der Waals surface area contributed by atoms with E-state index in [4.69, 9.17) is 0 Å². The lowest BCUT2D eigenvalue weighted by atomic mass is 9.88. The third-order valence-electron chi connectivity index (χ3n) is 5.08. The summed E-state index contributed by atoms with van der Waals surface area (Å²) in [4.78, 5) is 23.0. The summed E-state index contributed by atoms with van der Waals surface area (Å²) < 4.78 is 1.68. The van der Waals surface area contributed by atoms with E-state index in [1.165, 1.54) is 24.1 Å². The maximum Gasteiger partial charge on any atom is 0.260 e. The Labute approximate surface area is 162 Å². The van der Waals surface area contributed by atoms with Gasteiger partial charge >= 0.3 is 0 Å². The van der Waals surface area contributed by atoms with Crippen LogP contribution in [0.5, 0.6) is 0 Å². The van der Waals surface area contributed by atoms with E-state index in [9.17, 15) is 4.79 Å². The average Bonchev–Trinajstić information content (AvgIpc) is 3.25. The molecule has 3 heterocycles. The van der Waals surface area contributed by atoms with E-state index < -0.39 is 0 Å². The summed E-state index contributed by atoms with van der Waals surface area (Å²) in [6.45, 7) is 4.11. The van der Waals surface area contributed by atoms with E-state index in [2.05, 4.69) is 27.3 Å². The molecule has 140 valence electrons. The number of hydrogen-bond donors (Lipinski definition) is 1. The van der Waals surface area contributed by atoms with Gasteiger partial charge < -0.3 is 0 Å². The minimum absolute atomic E-state index is 0.175. The second kappa shape index (κ2) is 7.60. The van der Waals surface area contributed by atoms with Gasteiger partial charge in [0.2, 0.25) is 0 Å². The number of nitrogens with one attached hydrogen (secondary N) is 1. The highest BCUT2D eigenvalue weighted by molar-refractivity contribution is 7.15. The molecular formula is C20H23N5OS. The van der Waals surface area contributed by atoms with Crippen molar-refractivity contribution in [2.24, 2.45) is 5.92 Å². The summed E-state index contributed by atoms with van der Waals surface area (Å²) in [6.07, 6.45) is 9.10. The number of aryl methyl sites for hydroxylation is 1. The summed E-state index contributed by atoms with van der Waals surface area (Å²) in [5, 5.41) is 7.97. The van der Waals surface area contributed by atoms with Crippen LogP contribution >= 0.6 is 11.3 Å². The Balaban J connectivity index is 1.50. The SMILES string of the molecule is CCCC1CCc2nc(NC(=O)c3cnn(-c4ccccn4)c3C)sc2C1. The van der Waals surface area contributed by atoms with Crippen molar-refractivity contribution >= 4 is 22.4 Å². The lowest BCUT2D eigenvalue weighted by Crippen LogP contribution is -2.13. The average molecular weight is 382 g/mol. The third-order valence-corrected chi connectivity index (χ3v) is 6.12. The van der Waals surface area contributed by atoms with Crippen molar-refractivity contribution in [3.05, 3.63) is 52.4 Å². The molecule has 0 fully saturated rings. The van der Waals surface area contributed by atoms with E-state index in [-0.39, 0.29) is 5.91 Å². The minimum atomic E-state index is -0.175. The summed E-state index contributed by atoms with van der Waals surface area (Å²) in [5.41, 5.74) is 2.46. The molecule has 7 heteroatoms. The summed E-state index contributed by atoms with van der Waals surface area (Å²) >= 11 is 1.61.